The maximum atomic E-state index is 12.3. The number of amides is 4. The Bertz CT molecular complexity index is 489. The average Bonchev–Trinajstić information content (AvgIpc) is 3.26. The first kappa shape index (κ1) is 13.0. The number of ketones is 2. The van der Waals surface area contributed by atoms with Gasteiger partial charge in [0.15, 0.2) is 17.6 Å². The number of hydrogen-bond acceptors (Lipinski definition) is 5. The van der Waals surface area contributed by atoms with Crippen molar-refractivity contribution in [3.05, 3.63) is 0 Å². The summed E-state index contributed by atoms with van der Waals surface area (Å²) in [7, 11) is 0. The maximum Gasteiger partial charge on any atom is 0.331 e. The molecule has 0 spiro atoms. The fourth-order valence-corrected chi connectivity index (χ4v) is 2.40. The Morgan fingerprint density at radius 2 is 1.50 bits per heavy atom. The zero-order valence-electron chi connectivity index (χ0n) is 10.8. The molecule has 0 radical (unpaired) electrons. The van der Waals surface area contributed by atoms with Gasteiger partial charge < -0.3 is 0 Å². The van der Waals surface area contributed by atoms with E-state index >= 15 is 0 Å². The van der Waals surface area contributed by atoms with Crippen molar-refractivity contribution in [3.63, 3.8) is 0 Å². The molecular weight excluding hydrogens is 264 g/mol. The van der Waals surface area contributed by atoms with Crippen molar-refractivity contribution < 1.29 is 24.0 Å². The highest BCUT2D eigenvalue weighted by Crippen LogP contribution is 2.37. The van der Waals surface area contributed by atoms with Crippen LogP contribution in [0.25, 0.3) is 0 Å². The van der Waals surface area contributed by atoms with E-state index in [0.717, 1.165) is 0 Å². The van der Waals surface area contributed by atoms with Gasteiger partial charge in [0.05, 0.1) is 0 Å². The highest BCUT2D eigenvalue weighted by molar-refractivity contribution is 6.21. The van der Waals surface area contributed by atoms with E-state index in [9.17, 15) is 24.0 Å². The molecule has 2 saturated carbocycles. The number of nitrogens with one attached hydrogen (secondary N) is 1. The number of hydrogen-bond donors (Lipinski definition) is 1. The molecule has 4 amide bonds. The molecule has 106 valence electrons. The van der Waals surface area contributed by atoms with Crippen molar-refractivity contribution in [3.8, 4) is 0 Å². The van der Waals surface area contributed by atoms with Crippen LogP contribution in [-0.2, 0) is 19.2 Å². The first-order valence-corrected chi connectivity index (χ1v) is 6.72. The van der Waals surface area contributed by atoms with Gasteiger partial charge >= 0.3 is 6.03 Å². The SMILES string of the molecule is O=C1CC(=O)N(C(C(=O)C2CC2)C(=O)C2CC2)C(=O)N1. The lowest BCUT2D eigenvalue weighted by atomic mass is 9.98. The quantitative estimate of drug-likeness (QED) is 0.701. The second-order valence-electron chi connectivity index (χ2n) is 5.55. The Kier molecular flexibility index (Phi) is 2.92. The fraction of sp³-hybridized carbons (Fsp3) is 0.615. The largest absolute Gasteiger partial charge is 0.331 e. The van der Waals surface area contributed by atoms with E-state index in [1.54, 1.807) is 0 Å². The van der Waals surface area contributed by atoms with Gasteiger partial charge in [0.1, 0.15) is 6.42 Å². The highest BCUT2D eigenvalue weighted by Gasteiger charge is 2.50. The summed E-state index contributed by atoms with van der Waals surface area (Å²) in [6.07, 6.45) is 2.26. The zero-order valence-corrected chi connectivity index (χ0v) is 10.8. The van der Waals surface area contributed by atoms with Crippen molar-refractivity contribution >= 4 is 29.4 Å². The van der Waals surface area contributed by atoms with E-state index < -0.39 is 30.3 Å². The molecular formula is C13H14N2O5. The molecule has 3 aliphatic rings. The van der Waals surface area contributed by atoms with E-state index in [2.05, 4.69) is 0 Å². The molecule has 0 aromatic carbocycles. The van der Waals surface area contributed by atoms with Gasteiger partial charge in [0.25, 0.3) is 0 Å². The summed E-state index contributed by atoms with van der Waals surface area (Å²) in [6, 6.07) is -2.30. The molecule has 3 rings (SSSR count). The third kappa shape index (κ3) is 2.23. The Labute approximate surface area is 114 Å². The van der Waals surface area contributed by atoms with Crippen LogP contribution in [0.5, 0.6) is 0 Å². The van der Waals surface area contributed by atoms with Crippen LogP contribution in [0.1, 0.15) is 32.1 Å². The number of urea groups is 1. The topological polar surface area (TPSA) is 101 Å². The lowest BCUT2D eigenvalue weighted by Gasteiger charge is -2.30. The van der Waals surface area contributed by atoms with Gasteiger partial charge in [-0.1, -0.05) is 0 Å². The summed E-state index contributed by atoms with van der Waals surface area (Å²) in [4.78, 5) is 60.0. The molecule has 0 aromatic heterocycles. The monoisotopic (exact) mass is 278 g/mol. The number of carbonyl (C=O) groups excluding carboxylic acids is 5. The predicted molar refractivity (Wildman–Crippen MR) is 64.3 cm³/mol. The average molecular weight is 278 g/mol. The lowest BCUT2D eigenvalue weighted by Crippen LogP contribution is -2.61. The lowest BCUT2D eigenvalue weighted by molar-refractivity contribution is -0.147. The summed E-state index contributed by atoms with van der Waals surface area (Å²) in [6.45, 7) is 0. The molecule has 7 nitrogen and oxygen atoms in total. The number of Topliss-reactive ketones (excluding diaryl/α,β-unsaturated/α-hetero) is 2. The normalized spacial score (nSPS) is 23.1. The first-order chi connectivity index (χ1) is 9.49. The van der Waals surface area contributed by atoms with Gasteiger partial charge in [-0.3, -0.25) is 24.5 Å². The van der Waals surface area contributed by atoms with Gasteiger partial charge in [-0.15, -0.1) is 0 Å². The second-order valence-corrected chi connectivity index (χ2v) is 5.55. The summed E-state index contributed by atoms with van der Waals surface area (Å²) < 4.78 is 0. The van der Waals surface area contributed by atoms with E-state index in [1.165, 1.54) is 0 Å². The minimum Gasteiger partial charge on any atom is -0.297 e. The predicted octanol–water partition coefficient (Wildman–Crippen LogP) is -0.218. The molecule has 0 atom stereocenters. The van der Waals surface area contributed by atoms with Crippen LogP contribution in [0.2, 0.25) is 0 Å². The molecule has 3 fully saturated rings. The van der Waals surface area contributed by atoms with Crippen molar-refractivity contribution in [1.82, 2.24) is 10.2 Å². The van der Waals surface area contributed by atoms with Crippen molar-refractivity contribution in [2.24, 2.45) is 11.8 Å². The number of nitrogens with zero attached hydrogens (tertiary/aromatic N) is 1. The molecule has 20 heavy (non-hydrogen) atoms. The van der Waals surface area contributed by atoms with E-state index in [4.69, 9.17) is 0 Å². The number of barbiturate groups is 1. The van der Waals surface area contributed by atoms with Gasteiger partial charge in [-0.05, 0) is 25.7 Å². The van der Waals surface area contributed by atoms with Crippen LogP contribution < -0.4 is 5.32 Å². The van der Waals surface area contributed by atoms with E-state index in [-0.39, 0.29) is 23.4 Å². The Morgan fingerprint density at radius 3 is 1.90 bits per heavy atom. The smallest absolute Gasteiger partial charge is 0.297 e. The summed E-state index contributed by atoms with van der Waals surface area (Å²) in [5.41, 5.74) is 0. The summed E-state index contributed by atoms with van der Waals surface area (Å²) in [5, 5.41) is 1.99. The van der Waals surface area contributed by atoms with Crippen LogP contribution in [-0.4, -0.2) is 40.4 Å². The standard InChI is InChI=1S/C13H14N2O5/c16-8-5-9(17)15(13(20)14-8)10(11(18)6-1-2-6)12(19)7-3-4-7/h6-7,10H,1-5H2,(H,14,16,20). The molecule has 2 aliphatic carbocycles. The molecule has 7 heteroatoms. The third-order valence-electron chi connectivity index (χ3n) is 3.80. The molecule has 1 aliphatic heterocycles. The molecule has 1 heterocycles. The summed E-state index contributed by atoms with van der Waals surface area (Å²) >= 11 is 0. The number of carbonyl (C=O) groups is 5. The number of rotatable bonds is 5. The van der Waals surface area contributed by atoms with Gasteiger partial charge in [-0.2, -0.15) is 0 Å². The van der Waals surface area contributed by atoms with E-state index in [0.29, 0.717) is 30.6 Å². The molecule has 0 unspecified atom stereocenters. The highest BCUT2D eigenvalue weighted by atomic mass is 16.2. The second kappa shape index (κ2) is 4.50. The maximum absolute atomic E-state index is 12.3. The Morgan fingerprint density at radius 1 is 1.00 bits per heavy atom. The van der Waals surface area contributed by atoms with Crippen LogP contribution >= 0.6 is 0 Å². The van der Waals surface area contributed by atoms with Crippen LogP contribution in [0, 0.1) is 11.8 Å². The van der Waals surface area contributed by atoms with Gasteiger partial charge in [0, 0.05) is 11.8 Å². The Balaban J connectivity index is 1.89. The number of imide groups is 2. The van der Waals surface area contributed by atoms with Crippen molar-refractivity contribution in [2.45, 2.75) is 38.1 Å². The van der Waals surface area contributed by atoms with Gasteiger partial charge in [0.2, 0.25) is 11.8 Å². The molecule has 0 aromatic rings. The summed E-state index contributed by atoms with van der Waals surface area (Å²) in [5.74, 6) is -2.67. The third-order valence-corrected chi connectivity index (χ3v) is 3.80. The first-order valence-electron chi connectivity index (χ1n) is 6.72. The van der Waals surface area contributed by atoms with E-state index in [1.807, 2.05) is 5.32 Å². The molecule has 1 N–H and O–H groups in total. The minimum absolute atomic E-state index is 0.235. The van der Waals surface area contributed by atoms with Crippen molar-refractivity contribution in [2.75, 3.05) is 0 Å². The van der Waals surface area contributed by atoms with Crippen LogP contribution in [0.3, 0.4) is 0 Å². The molecule has 0 bridgehead atoms. The van der Waals surface area contributed by atoms with Crippen LogP contribution in [0.4, 0.5) is 4.79 Å². The molecule has 1 saturated heterocycles. The van der Waals surface area contributed by atoms with Gasteiger partial charge in [-0.25, -0.2) is 9.69 Å². The van der Waals surface area contributed by atoms with Crippen molar-refractivity contribution in [1.29, 1.82) is 0 Å². The Hall–Kier alpha value is -2.05. The fourth-order valence-electron chi connectivity index (χ4n) is 2.40. The minimum atomic E-state index is -1.34. The zero-order chi connectivity index (χ0) is 14.4. The van der Waals surface area contributed by atoms with Crippen LogP contribution in [0.15, 0.2) is 0 Å².